The van der Waals surface area contributed by atoms with Gasteiger partial charge in [0.2, 0.25) is 0 Å². The molecule has 1 aromatic heterocycles. The first-order chi connectivity index (χ1) is 5.59. The molecule has 1 rings (SSSR count). The Kier molecular flexibility index (Phi) is 3.32. The van der Waals surface area contributed by atoms with Gasteiger partial charge in [-0.3, -0.25) is 0 Å². The van der Waals surface area contributed by atoms with Gasteiger partial charge < -0.3 is 5.11 Å². The third-order valence-corrected chi connectivity index (χ3v) is 2.72. The van der Waals surface area contributed by atoms with Gasteiger partial charge in [-0.1, -0.05) is 23.3 Å². The average Bonchev–Trinajstić information content (AvgIpc) is 2.34. The van der Waals surface area contributed by atoms with Crippen LogP contribution in [0.4, 0.5) is 0 Å². The van der Waals surface area contributed by atoms with Gasteiger partial charge in [0.05, 0.1) is 5.02 Å². The van der Waals surface area contributed by atoms with Gasteiger partial charge in [-0.2, -0.15) is 0 Å². The molecule has 0 saturated carbocycles. The van der Waals surface area contributed by atoms with Crippen LogP contribution < -0.4 is 0 Å². The van der Waals surface area contributed by atoms with Crippen LogP contribution in [0.25, 0.3) is 0 Å². The van der Waals surface area contributed by atoms with E-state index in [1.807, 2.05) is 25.3 Å². The summed E-state index contributed by atoms with van der Waals surface area (Å²) in [5, 5.41) is 12.1. The molecule has 0 radical (unpaired) electrons. The van der Waals surface area contributed by atoms with Crippen molar-refractivity contribution >= 4 is 22.9 Å². The molecule has 1 atom stereocenters. The number of rotatable bonds is 2. The van der Waals surface area contributed by atoms with E-state index in [-0.39, 0.29) is 0 Å². The lowest BCUT2D eigenvalue weighted by atomic mass is 10.2. The quantitative estimate of drug-likeness (QED) is 0.729. The molecule has 0 spiro atoms. The Labute approximate surface area is 81.3 Å². The third-order valence-electron chi connectivity index (χ3n) is 1.37. The molecule has 12 heavy (non-hydrogen) atoms. The van der Waals surface area contributed by atoms with Gasteiger partial charge in [0.25, 0.3) is 0 Å². The summed E-state index contributed by atoms with van der Waals surface area (Å²) in [5.41, 5.74) is 1.10. The Hall–Kier alpha value is -0.310. The molecule has 0 aliphatic carbocycles. The molecule has 1 unspecified atom stereocenters. The first-order valence-electron chi connectivity index (χ1n) is 3.66. The number of halogens is 1. The molecule has 1 N–H and O–H groups in total. The van der Waals surface area contributed by atoms with E-state index >= 15 is 0 Å². The maximum atomic E-state index is 9.58. The predicted octanol–water partition coefficient (Wildman–Crippen LogP) is 3.40. The highest BCUT2D eigenvalue weighted by Gasteiger charge is 2.06. The second kappa shape index (κ2) is 4.08. The summed E-state index contributed by atoms with van der Waals surface area (Å²) in [7, 11) is 0. The van der Waals surface area contributed by atoms with Crippen LogP contribution in [0.5, 0.6) is 0 Å². The molecule has 1 heterocycles. The molecule has 1 nitrogen and oxygen atoms in total. The molecular weight excluding hydrogens is 192 g/mol. The van der Waals surface area contributed by atoms with Crippen molar-refractivity contribution < 1.29 is 5.11 Å². The highest BCUT2D eigenvalue weighted by Crippen LogP contribution is 2.26. The van der Waals surface area contributed by atoms with Crippen LogP contribution >= 0.6 is 22.9 Å². The highest BCUT2D eigenvalue weighted by atomic mass is 35.5. The Balaban J connectivity index is 2.78. The van der Waals surface area contributed by atoms with Gasteiger partial charge >= 0.3 is 0 Å². The topological polar surface area (TPSA) is 20.2 Å². The smallest absolute Gasteiger partial charge is 0.107 e. The highest BCUT2D eigenvalue weighted by molar-refractivity contribution is 7.10. The van der Waals surface area contributed by atoms with Crippen molar-refractivity contribution in [2.24, 2.45) is 0 Å². The molecule has 3 heteroatoms. The second-order valence-corrected chi connectivity index (χ2v) is 4.24. The Morgan fingerprint density at radius 2 is 2.33 bits per heavy atom. The van der Waals surface area contributed by atoms with Crippen LogP contribution in [-0.2, 0) is 0 Å². The second-order valence-electron chi connectivity index (χ2n) is 2.86. The largest absolute Gasteiger partial charge is 0.383 e. The van der Waals surface area contributed by atoms with Crippen molar-refractivity contribution in [2.45, 2.75) is 20.0 Å². The minimum atomic E-state index is -0.507. The Bertz CT molecular complexity index is 286. The minimum absolute atomic E-state index is 0.507. The zero-order valence-electron chi connectivity index (χ0n) is 7.04. The fourth-order valence-electron chi connectivity index (χ4n) is 0.881. The van der Waals surface area contributed by atoms with E-state index < -0.39 is 6.10 Å². The average molecular weight is 203 g/mol. The minimum Gasteiger partial charge on any atom is -0.383 e. The van der Waals surface area contributed by atoms with Gasteiger partial charge in [-0.25, -0.2) is 0 Å². The zero-order valence-corrected chi connectivity index (χ0v) is 8.62. The number of aliphatic hydroxyl groups excluding tert-OH is 1. The van der Waals surface area contributed by atoms with Crippen molar-refractivity contribution in [3.63, 3.8) is 0 Å². The van der Waals surface area contributed by atoms with Crippen molar-refractivity contribution in [1.82, 2.24) is 0 Å². The van der Waals surface area contributed by atoms with Crippen molar-refractivity contribution in [3.8, 4) is 0 Å². The van der Waals surface area contributed by atoms with Crippen LogP contribution in [0.15, 0.2) is 23.1 Å². The summed E-state index contributed by atoms with van der Waals surface area (Å²) in [4.78, 5) is 0.890. The van der Waals surface area contributed by atoms with E-state index in [1.54, 1.807) is 6.07 Å². The lowest BCUT2D eigenvalue weighted by molar-refractivity contribution is 0.231. The fraction of sp³-hybridized carbons (Fsp3) is 0.333. The summed E-state index contributed by atoms with van der Waals surface area (Å²) < 4.78 is 0. The van der Waals surface area contributed by atoms with E-state index in [0.29, 0.717) is 5.02 Å². The number of hydrogen-bond acceptors (Lipinski definition) is 2. The van der Waals surface area contributed by atoms with Gasteiger partial charge in [0.15, 0.2) is 0 Å². The van der Waals surface area contributed by atoms with Gasteiger partial charge in [0.1, 0.15) is 6.10 Å². The molecule has 66 valence electrons. The summed E-state index contributed by atoms with van der Waals surface area (Å²) in [6.07, 6.45) is 1.30. The molecule has 0 aromatic carbocycles. The summed E-state index contributed by atoms with van der Waals surface area (Å²) in [6.45, 7) is 3.91. The summed E-state index contributed by atoms with van der Waals surface area (Å²) in [5.74, 6) is 0. The lowest BCUT2D eigenvalue weighted by Crippen LogP contribution is -1.88. The van der Waals surface area contributed by atoms with E-state index in [2.05, 4.69) is 0 Å². The number of thiophene rings is 1. The molecule has 0 saturated heterocycles. The van der Waals surface area contributed by atoms with E-state index in [0.717, 1.165) is 10.5 Å². The maximum absolute atomic E-state index is 9.58. The number of hydrogen-bond donors (Lipinski definition) is 1. The molecular formula is C9H11ClOS. The van der Waals surface area contributed by atoms with Gasteiger partial charge in [0, 0.05) is 10.3 Å². The number of allylic oxidation sites excluding steroid dienone is 1. The van der Waals surface area contributed by atoms with Crippen molar-refractivity contribution in [2.75, 3.05) is 0 Å². The fourth-order valence-corrected chi connectivity index (χ4v) is 1.92. The molecule has 0 aliphatic rings. The van der Waals surface area contributed by atoms with Crippen LogP contribution in [-0.4, -0.2) is 5.11 Å². The maximum Gasteiger partial charge on any atom is 0.107 e. The normalized spacial score (nSPS) is 12.7. The number of aliphatic hydroxyl groups is 1. The van der Waals surface area contributed by atoms with Crippen molar-refractivity contribution in [3.05, 3.63) is 33.0 Å². The van der Waals surface area contributed by atoms with E-state index in [9.17, 15) is 5.11 Å². The molecule has 0 fully saturated rings. The SMILES string of the molecule is CC(C)=CC(O)c1cc(Cl)cs1. The van der Waals surface area contributed by atoms with E-state index in [4.69, 9.17) is 11.6 Å². The van der Waals surface area contributed by atoms with Crippen LogP contribution in [0.2, 0.25) is 5.02 Å². The molecule has 0 bridgehead atoms. The van der Waals surface area contributed by atoms with Crippen LogP contribution in [0.1, 0.15) is 24.8 Å². The molecule has 1 aromatic rings. The lowest BCUT2D eigenvalue weighted by Gasteiger charge is -2.01. The van der Waals surface area contributed by atoms with Gasteiger partial charge in [-0.15, -0.1) is 11.3 Å². The van der Waals surface area contributed by atoms with Gasteiger partial charge in [-0.05, 0) is 19.9 Å². The Morgan fingerprint density at radius 1 is 1.67 bits per heavy atom. The molecule has 0 aliphatic heterocycles. The van der Waals surface area contributed by atoms with Crippen molar-refractivity contribution in [1.29, 1.82) is 0 Å². The first-order valence-corrected chi connectivity index (χ1v) is 4.92. The Morgan fingerprint density at radius 3 is 2.75 bits per heavy atom. The molecule has 0 amide bonds. The van der Waals surface area contributed by atoms with Crippen LogP contribution in [0, 0.1) is 0 Å². The predicted molar refractivity (Wildman–Crippen MR) is 53.7 cm³/mol. The van der Waals surface area contributed by atoms with Crippen LogP contribution in [0.3, 0.4) is 0 Å². The standard InChI is InChI=1S/C9H11ClOS/c1-6(2)3-8(11)9-4-7(10)5-12-9/h3-5,8,11H,1-2H3. The summed E-state index contributed by atoms with van der Waals surface area (Å²) in [6, 6.07) is 1.79. The third kappa shape index (κ3) is 2.63. The monoisotopic (exact) mass is 202 g/mol. The first kappa shape index (κ1) is 9.78. The zero-order chi connectivity index (χ0) is 9.14. The summed E-state index contributed by atoms with van der Waals surface area (Å²) >= 11 is 7.19. The van der Waals surface area contributed by atoms with E-state index in [1.165, 1.54) is 11.3 Å².